The van der Waals surface area contributed by atoms with E-state index in [0.29, 0.717) is 24.4 Å². The molecule has 2 N–H and O–H groups in total. The van der Waals surface area contributed by atoms with E-state index in [2.05, 4.69) is 10.6 Å². The summed E-state index contributed by atoms with van der Waals surface area (Å²) in [5, 5.41) is 5.46. The van der Waals surface area contributed by atoms with Gasteiger partial charge in [0.15, 0.2) is 0 Å². The number of carbonyl (C=O) groups excluding carboxylic acids is 2. The van der Waals surface area contributed by atoms with E-state index >= 15 is 0 Å². The Hall–Kier alpha value is -2.82. The van der Waals surface area contributed by atoms with Crippen LogP contribution in [0.3, 0.4) is 0 Å². The SMILES string of the molecule is CCOC(=O)Nc1cccc(C(=O)NCc2ccccc2C)c1. The largest absolute Gasteiger partial charge is 0.450 e. The first-order chi connectivity index (χ1) is 11.1. The van der Waals surface area contributed by atoms with Gasteiger partial charge in [0.25, 0.3) is 5.91 Å². The molecule has 5 nitrogen and oxygen atoms in total. The molecule has 0 aliphatic carbocycles. The lowest BCUT2D eigenvalue weighted by Gasteiger charge is -2.09. The van der Waals surface area contributed by atoms with Crippen LogP contribution < -0.4 is 10.6 Å². The Bertz CT molecular complexity index is 698. The number of amides is 2. The van der Waals surface area contributed by atoms with Gasteiger partial charge in [0.05, 0.1) is 6.61 Å². The third-order valence-electron chi connectivity index (χ3n) is 3.35. The van der Waals surface area contributed by atoms with Crippen LogP contribution in [0.1, 0.15) is 28.4 Å². The van der Waals surface area contributed by atoms with Gasteiger partial charge in [0, 0.05) is 17.8 Å². The summed E-state index contributed by atoms with van der Waals surface area (Å²) in [6.07, 6.45) is -0.537. The van der Waals surface area contributed by atoms with Crippen LogP contribution in [0.5, 0.6) is 0 Å². The van der Waals surface area contributed by atoms with Gasteiger partial charge in [-0.3, -0.25) is 10.1 Å². The molecule has 0 unspecified atom stereocenters. The van der Waals surface area contributed by atoms with E-state index in [-0.39, 0.29) is 5.91 Å². The molecule has 0 aliphatic heterocycles. The fraction of sp³-hybridized carbons (Fsp3) is 0.222. The molecule has 0 saturated carbocycles. The minimum Gasteiger partial charge on any atom is -0.450 e. The highest BCUT2D eigenvalue weighted by molar-refractivity contribution is 5.96. The van der Waals surface area contributed by atoms with E-state index in [1.54, 1.807) is 31.2 Å². The highest BCUT2D eigenvalue weighted by atomic mass is 16.5. The molecule has 0 bridgehead atoms. The predicted molar refractivity (Wildman–Crippen MR) is 89.4 cm³/mol. The maximum absolute atomic E-state index is 12.2. The summed E-state index contributed by atoms with van der Waals surface area (Å²) in [4.78, 5) is 23.6. The summed E-state index contributed by atoms with van der Waals surface area (Å²) >= 11 is 0. The summed E-state index contributed by atoms with van der Waals surface area (Å²) < 4.78 is 4.81. The van der Waals surface area contributed by atoms with Crippen LogP contribution in [0.4, 0.5) is 10.5 Å². The molecule has 0 aromatic heterocycles. The van der Waals surface area contributed by atoms with Crippen molar-refractivity contribution in [1.29, 1.82) is 0 Å². The molecular formula is C18H20N2O3. The Balaban J connectivity index is 1.99. The molecule has 0 spiro atoms. The number of hydrogen-bond acceptors (Lipinski definition) is 3. The fourth-order valence-corrected chi connectivity index (χ4v) is 2.11. The van der Waals surface area contributed by atoms with Crippen LogP contribution in [0.25, 0.3) is 0 Å². The Labute approximate surface area is 135 Å². The molecule has 120 valence electrons. The van der Waals surface area contributed by atoms with Crippen molar-refractivity contribution in [2.45, 2.75) is 20.4 Å². The number of ether oxygens (including phenoxy) is 1. The van der Waals surface area contributed by atoms with E-state index < -0.39 is 6.09 Å². The van der Waals surface area contributed by atoms with Gasteiger partial charge in [-0.15, -0.1) is 0 Å². The summed E-state index contributed by atoms with van der Waals surface area (Å²) in [6, 6.07) is 14.6. The second-order valence-corrected chi connectivity index (χ2v) is 5.04. The van der Waals surface area contributed by atoms with Crippen LogP contribution >= 0.6 is 0 Å². The van der Waals surface area contributed by atoms with Crippen LogP contribution in [-0.2, 0) is 11.3 Å². The van der Waals surface area contributed by atoms with Crippen LogP contribution in [0.2, 0.25) is 0 Å². The highest BCUT2D eigenvalue weighted by Gasteiger charge is 2.08. The van der Waals surface area contributed by atoms with E-state index in [1.807, 2.05) is 31.2 Å². The number of carbonyl (C=O) groups is 2. The minimum absolute atomic E-state index is 0.194. The van der Waals surface area contributed by atoms with Gasteiger partial charge in [-0.2, -0.15) is 0 Å². The third kappa shape index (κ3) is 4.85. The highest BCUT2D eigenvalue weighted by Crippen LogP contribution is 2.12. The zero-order valence-electron chi connectivity index (χ0n) is 13.3. The summed E-state index contributed by atoms with van der Waals surface area (Å²) in [5.41, 5.74) is 3.20. The van der Waals surface area contributed by atoms with Crippen molar-refractivity contribution in [2.75, 3.05) is 11.9 Å². The number of nitrogens with one attached hydrogen (secondary N) is 2. The third-order valence-corrected chi connectivity index (χ3v) is 3.35. The molecule has 0 radical (unpaired) electrons. The molecule has 2 aromatic rings. The smallest absolute Gasteiger partial charge is 0.411 e. The predicted octanol–water partition coefficient (Wildman–Crippen LogP) is 3.49. The standard InChI is InChI=1S/C18H20N2O3/c1-3-23-18(22)20-16-10-6-9-14(11-16)17(21)19-12-15-8-5-4-7-13(15)2/h4-11H,3,12H2,1-2H3,(H,19,21)(H,20,22). The molecule has 2 rings (SSSR count). The molecule has 23 heavy (non-hydrogen) atoms. The minimum atomic E-state index is -0.537. The van der Waals surface area contributed by atoms with Crippen molar-refractivity contribution in [3.05, 3.63) is 65.2 Å². The maximum Gasteiger partial charge on any atom is 0.411 e. The van der Waals surface area contributed by atoms with Crippen molar-refractivity contribution >= 4 is 17.7 Å². The Morgan fingerprint density at radius 2 is 1.87 bits per heavy atom. The second-order valence-electron chi connectivity index (χ2n) is 5.04. The second kappa shape index (κ2) is 7.98. The van der Waals surface area contributed by atoms with Crippen molar-refractivity contribution < 1.29 is 14.3 Å². The first kappa shape index (κ1) is 16.5. The number of aryl methyl sites for hydroxylation is 1. The lowest BCUT2D eigenvalue weighted by Crippen LogP contribution is -2.23. The van der Waals surface area contributed by atoms with Gasteiger partial charge < -0.3 is 10.1 Å². The monoisotopic (exact) mass is 312 g/mol. The topological polar surface area (TPSA) is 67.4 Å². The summed E-state index contributed by atoms with van der Waals surface area (Å²) in [6.45, 7) is 4.49. The van der Waals surface area contributed by atoms with Gasteiger partial charge >= 0.3 is 6.09 Å². The normalized spacial score (nSPS) is 10.0. The molecule has 2 aromatic carbocycles. The van der Waals surface area contributed by atoms with E-state index in [4.69, 9.17) is 4.74 Å². The summed E-state index contributed by atoms with van der Waals surface area (Å²) in [7, 11) is 0. The summed E-state index contributed by atoms with van der Waals surface area (Å²) in [5.74, 6) is -0.194. The zero-order valence-corrected chi connectivity index (χ0v) is 13.3. The molecule has 2 amide bonds. The van der Waals surface area contributed by atoms with Gasteiger partial charge in [0.2, 0.25) is 0 Å². The number of benzene rings is 2. The maximum atomic E-state index is 12.2. The van der Waals surface area contributed by atoms with E-state index in [9.17, 15) is 9.59 Å². The average molecular weight is 312 g/mol. The van der Waals surface area contributed by atoms with Crippen molar-refractivity contribution in [2.24, 2.45) is 0 Å². The van der Waals surface area contributed by atoms with Crippen LogP contribution in [-0.4, -0.2) is 18.6 Å². The molecule has 0 atom stereocenters. The van der Waals surface area contributed by atoms with E-state index in [0.717, 1.165) is 11.1 Å². The van der Waals surface area contributed by atoms with Gasteiger partial charge in [0.1, 0.15) is 0 Å². The van der Waals surface area contributed by atoms with Crippen molar-refractivity contribution in [1.82, 2.24) is 5.32 Å². The lowest BCUT2D eigenvalue weighted by molar-refractivity contribution is 0.0950. The fourth-order valence-electron chi connectivity index (χ4n) is 2.11. The quantitative estimate of drug-likeness (QED) is 0.888. The molecule has 0 fully saturated rings. The lowest BCUT2D eigenvalue weighted by atomic mass is 10.1. The zero-order chi connectivity index (χ0) is 16.7. The number of rotatable bonds is 5. The number of hydrogen-bond donors (Lipinski definition) is 2. The number of anilines is 1. The van der Waals surface area contributed by atoms with Gasteiger partial charge in [-0.05, 0) is 43.2 Å². The van der Waals surface area contributed by atoms with Gasteiger partial charge in [-0.25, -0.2) is 4.79 Å². The van der Waals surface area contributed by atoms with Crippen molar-refractivity contribution in [3.63, 3.8) is 0 Å². The van der Waals surface area contributed by atoms with Gasteiger partial charge in [-0.1, -0.05) is 30.3 Å². The van der Waals surface area contributed by atoms with E-state index in [1.165, 1.54) is 0 Å². The van der Waals surface area contributed by atoms with Crippen LogP contribution in [0.15, 0.2) is 48.5 Å². The average Bonchev–Trinajstić information content (AvgIpc) is 2.54. The molecule has 0 saturated heterocycles. The van der Waals surface area contributed by atoms with Crippen molar-refractivity contribution in [3.8, 4) is 0 Å². The Morgan fingerprint density at radius 1 is 1.09 bits per heavy atom. The first-order valence-electron chi connectivity index (χ1n) is 7.46. The molecule has 5 heteroatoms. The Kier molecular flexibility index (Phi) is 5.74. The molecule has 0 heterocycles. The first-order valence-corrected chi connectivity index (χ1v) is 7.46. The Morgan fingerprint density at radius 3 is 2.61 bits per heavy atom. The molecular weight excluding hydrogens is 292 g/mol. The molecule has 0 aliphatic rings. The van der Waals surface area contributed by atoms with Crippen LogP contribution in [0, 0.1) is 6.92 Å².